The average molecular weight is 202 g/mol. The predicted molar refractivity (Wildman–Crippen MR) is 52.1 cm³/mol. The molecule has 0 aliphatic rings. The molecule has 0 radical (unpaired) electrons. The van der Waals surface area contributed by atoms with Gasteiger partial charge in [-0.2, -0.15) is 0 Å². The van der Waals surface area contributed by atoms with E-state index in [9.17, 15) is 0 Å². The van der Waals surface area contributed by atoms with Gasteiger partial charge in [0, 0.05) is 12.3 Å². The molecule has 0 aliphatic heterocycles. The minimum Gasteiger partial charge on any atom is -0.237 e. The molecule has 82 valence electrons. The summed E-state index contributed by atoms with van der Waals surface area (Å²) in [5, 5.41) is 0. The molecule has 0 aromatic rings. The van der Waals surface area contributed by atoms with Crippen molar-refractivity contribution in [2.24, 2.45) is 5.92 Å². The molecule has 0 atom stereocenters. The van der Waals surface area contributed by atoms with Crippen molar-refractivity contribution in [2.45, 2.75) is 20.3 Å². The first-order chi connectivity index (χ1) is 6.85. The van der Waals surface area contributed by atoms with Crippen LogP contribution in [0, 0.1) is 18.3 Å². The largest absolute Gasteiger partial charge is 0.237 e. The van der Waals surface area contributed by atoms with Crippen LogP contribution in [-0.2, 0) is 19.6 Å². The third-order valence-corrected chi connectivity index (χ3v) is 1.42. The highest BCUT2D eigenvalue weighted by Crippen LogP contribution is 2.04. The van der Waals surface area contributed by atoms with E-state index in [4.69, 9.17) is 26.0 Å². The molecule has 0 unspecified atom stereocenters. The Kier molecular flexibility index (Phi) is 10.0. The third kappa shape index (κ3) is 8.02. The van der Waals surface area contributed by atoms with Gasteiger partial charge in [-0.25, -0.2) is 19.6 Å². The Labute approximate surface area is 85.3 Å². The van der Waals surface area contributed by atoms with E-state index < -0.39 is 0 Å². The van der Waals surface area contributed by atoms with Gasteiger partial charge in [0.05, 0.1) is 26.4 Å². The fraction of sp³-hybridized carbons (Fsp3) is 0.800. The van der Waals surface area contributed by atoms with Crippen LogP contribution >= 0.6 is 0 Å². The Bertz CT molecular complexity index is 143. The summed E-state index contributed by atoms with van der Waals surface area (Å²) in [6, 6.07) is 0. The first-order valence-electron chi connectivity index (χ1n) is 4.77. The Morgan fingerprint density at radius 1 is 1.00 bits per heavy atom. The number of rotatable bonds is 9. The number of terminal acetylenes is 1. The lowest BCUT2D eigenvalue weighted by Crippen LogP contribution is -2.16. The minimum atomic E-state index is 0.109. The standard InChI is InChI=1S/C10H18O4/c1-4-7-10(8-13-11-5-2)9-14-12-6-3/h1,10H,5-9H2,2-3H3. The summed E-state index contributed by atoms with van der Waals surface area (Å²) in [5.41, 5.74) is 0. The van der Waals surface area contributed by atoms with Crippen LogP contribution in [0.25, 0.3) is 0 Å². The molecule has 0 aromatic carbocycles. The Balaban J connectivity index is 3.50. The van der Waals surface area contributed by atoms with Gasteiger partial charge >= 0.3 is 0 Å². The van der Waals surface area contributed by atoms with Crippen LogP contribution in [0.2, 0.25) is 0 Å². The van der Waals surface area contributed by atoms with E-state index in [2.05, 4.69) is 5.92 Å². The summed E-state index contributed by atoms with van der Waals surface area (Å²) in [7, 11) is 0. The second kappa shape index (κ2) is 10.5. The van der Waals surface area contributed by atoms with Crippen molar-refractivity contribution in [3.8, 4) is 12.3 Å². The fourth-order valence-corrected chi connectivity index (χ4v) is 0.788. The molecule has 0 fully saturated rings. The van der Waals surface area contributed by atoms with Crippen molar-refractivity contribution >= 4 is 0 Å². The molecule has 4 heteroatoms. The highest BCUT2D eigenvalue weighted by molar-refractivity contribution is 4.86. The van der Waals surface area contributed by atoms with Gasteiger partial charge in [0.25, 0.3) is 0 Å². The Morgan fingerprint density at radius 3 is 1.86 bits per heavy atom. The Hall–Kier alpha value is -0.600. The summed E-state index contributed by atoms with van der Waals surface area (Å²) < 4.78 is 0. The van der Waals surface area contributed by atoms with Crippen LogP contribution in [0.3, 0.4) is 0 Å². The highest BCUT2D eigenvalue weighted by atomic mass is 17.2. The average Bonchev–Trinajstić information content (AvgIpc) is 2.18. The normalized spacial score (nSPS) is 10.4. The zero-order valence-electron chi connectivity index (χ0n) is 8.82. The van der Waals surface area contributed by atoms with E-state index in [1.807, 2.05) is 13.8 Å². The molecule has 0 saturated heterocycles. The first-order valence-corrected chi connectivity index (χ1v) is 4.77. The van der Waals surface area contributed by atoms with Gasteiger partial charge in [-0.1, -0.05) is 0 Å². The van der Waals surface area contributed by atoms with Crippen molar-refractivity contribution in [3.05, 3.63) is 0 Å². The molecule has 0 amide bonds. The zero-order valence-corrected chi connectivity index (χ0v) is 8.82. The fourth-order valence-electron chi connectivity index (χ4n) is 0.788. The van der Waals surface area contributed by atoms with Crippen LogP contribution in [0.15, 0.2) is 0 Å². The first kappa shape index (κ1) is 13.4. The quantitative estimate of drug-likeness (QED) is 0.246. The second-order valence-electron chi connectivity index (χ2n) is 2.66. The maximum Gasteiger partial charge on any atom is 0.0882 e. The maximum absolute atomic E-state index is 5.20. The minimum absolute atomic E-state index is 0.109. The number of hydrogen-bond donors (Lipinski definition) is 0. The van der Waals surface area contributed by atoms with Crippen LogP contribution < -0.4 is 0 Å². The van der Waals surface area contributed by atoms with Gasteiger partial charge in [-0.15, -0.1) is 12.3 Å². The van der Waals surface area contributed by atoms with Gasteiger partial charge < -0.3 is 0 Å². The predicted octanol–water partition coefficient (Wildman–Crippen LogP) is 1.56. The van der Waals surface area contributed by atoms with E-state index in [1.165, 1.54) is 0 Å². The topological polar surface area (TPSA) is 36.9 Å². The summed E-state index contributed by atoms with van der Waals surface area (Å²) >= 11 is 0. The van der Waals surface area contributed by atoms with Crippen molar-refractivity contribution in [1.29, 1.82) is 0 Å². The van der Waals surface area contributed by atoms with Crippen LogP contribution in [0.4, 0.5) is 0 Å². The van der Waals surface area contributed by atoms with E-state index in [0.717, 1.165) is 0 Å². The molecule has 0 bridgehead atoms. The van der Waals surface area contributed by atoms with Gasteiger partial charge in [0.2, 0.25) is 0 Å². The molecule has 0 rings (SSSR count). The third-order valence-electron chi connectivity index (χ3n) is 1.42. The summed E-state index contributed by atoms with van der Waals surface area (Å²) in [4.78, 5) is 19.3. The van der Waals surface area contributed by atoms with Crippen LogP contribution in [0.5, 0.6) is 0 Å². The van der Waals surface area contributed by atoms with Gasteiger partial charge in [0.1, 0.15) is 0 Å². The SMILES string of the molecule is C#CCC(COOCC)COOCC. The smallest absolute Gasteiger partial charge is 0.0882 e. The molecule has 0 saturated carbocycles. The molecule has 4 nitrogen and oxygen atoms in total. The summed E-state index contributed by atoms with van der Waals surface area (Å²) in [6.45, 7) is 5.60. The summed E-state index contributed by atoms with van der Waals surface area (Å²) in [5.74, 6) is 2.66. The molecule has 0 aliphatic carbocycles. The molecular weight excluding hydrogens is 184 g/mol. The lowest BCUT2D eigenvalue weighted by Gasteiger charge is -2.12. The van der Waals surface area contributed by atoms with E-state index in [-0.39, 0.29) is 5.92 Å². The lowest BCUT2D eigenvalue weighted by atomic mass is 10.1. The van der Waals surface area contributed by atoms with E-state index in [0.29, 0.717) is 32.8 Å². The molecule has 0 N–H and O–H groups in total. The molecular formula is C10H18O4. The maximum atomic E-state index is 5.20. The van der Waals surface area contributed by atoms with Crippen molar-refractivity contribution in [1.82, 2.24) is 0 Å². The highest BCUT2D eigenvalue weighted by Gasteiger charge is 2.09. The van der Waals surface area contributed by atoms with Gasteiger partial charge in [-0.3, -0.25) is 0 Å². The van der Waals surface area contributed by atoms with Crippen LogP contribution in [0.1, 0.15) is 20.3 Å². The molecule has 0 heterocycles. The van der Waals surface area contributed by atoms with Crippen molar-refractivity contribution in [3.63, 3.8) is 0 Å². The summed E-state index contributed by atoms with van der Waals surface area (Å²) in [6.07, 6.45) is 5.78. The molecule has 14 heavy (non-hydrogen) atoms. The Morgan fingerprint density at radius 2 is 1.50 bits per heavy atom. The molecule has 0 spiro atoms. The number of hydrogen-bond acceptors (Lipinski definition) is 4. The van der Waals surface area contributed by atoms with Crippen molar-refractivity contribution < 1.29 is 19.6 Å². The van der Waals surface area contributed by atoms with Gasteiger partial charge in [0.15, 0.2) is 0 Å². The van der Waals surface area contributed by atoms with E-state index in [1.54, 1.807) is 0 Å². The molecule has 0 aromatic heterocycles. The van der Waals surface area contributed by atoms with Crippen LogP contribution in [-0.4, -0.2) is 26.4 Å². The van der Waals surface area contributed by atoms with Crippen molar-refractivity contribution in [2.75, 3.05) is 26.4 Å². The monoisotopic (exact) mass is 202 g/mol. The lowest BCUT2D eigenvalue weighted by molar-refractivity contribution is -0.323. The second-order valence-corrected chi connectivity index (χ2v) is 2.66. The zero-order chi connectivity index (χ0) is 10.6. The van der Waals surface area contributed by atoms with E-state index >= 15 is 0 Å². The van der Waals surface area contributed by atoms with Gasteiger partial charge in [-0.05, 0) is 13.8 Å².